The maximum absolute atomic E-state index is 11.7. The van der Waals surface area contributed by atoms with E-state index < -0.39 is 0 Å². The van der Waals surface area contributed by atoms with Gasteiger partial charge >= 0.3 is 6.03 Å². The highest BCUT2D eigenvalue weighted by Crippen LogP contribution is 2.32. The molecule has 0 atom stereocenters. The largest absolute Gasteiger partial charge is 0.454 e. The smallest absolute Gasteiger partial charge is 0.315 e. The molecule has 2 amide bonds. The van der Waals surface area contributed by atoms with Crippen molar-refractivity contribution in [3.63, 3.8) is 0 Å². The summed E-state index contributed by atoms with van der Waals surface area (Å²) in [6, 6.07) is 15.5. The molecular weight excluding hydrogens is 280 g/mol. The van der Waals surface area contributed by atoms with Crippen LogP contribution in [-0.2, 0) is 13.0 Å². The van der Waals surface area contributed by atoms with E-state index in [9.17, 15) is 4.79 Å². The number of amides is 2. The number of nitrogens with one attached hydrogen (secondary N) is 2. The molecule has 1 heterocycles. The predicted octanol–water partition coefficient (Wildman–Crippen LogP) is 2.46. The Morgan fingerprint density at radius 2 is 1.77 bits per heavy atom. The number of hydrogen-bond acceptors (Lipinski definition) is 3. The maximum atomic E-state index is 11.7. The Morgan fingerprint density at radius 1 is 0.955 bits per heavy atom. The third-order valence-corrected chi connectivity index (χ3v) is 3.43. The van der Waals surface area contributed by atoms with Crippen LogP contribution in [0.15, 0.2) is 48.5 Å². The lowest BCUT2D eigenvalue weighted by Gasteiger charge is -2.08. The highest BCUT2D eigenvalue weighted by atomic mass is 16.7. The summed E-state index contributed by atoms with van der Waals surface area (Å²) in [6.45, 7) is 1.37. The molecule has 0 saturated heterocycles. The van der Waals surface area contributed by atoms with Crippen molar-refractivity contribution in [3.05, 3.63) is 59.7 Å². The van der Waals surface area contributed by atoms with E-state index in [2.05, 4.69) is 10.6 Å². The lowest BCUT2D eigenvalue weighted by molar-refractivity contribution is 0.174. The van der Waals surface area contributed by atoms with Crippen molar-refractivity contribution in [1.29, 1.82) is 0 Å². The molecule has 0 radical (unpaired) electrons. The minimum Gasteiger partial charge on any atom is -0.454 e. The van der Waals surface area contributed by atoms with E-state index in [-0.39, 0.29) is 12.8 Å². The van der Waals surface area contributed by atoms with Gasteiger partial charge in [0.05, 0.1) is 0 Å². The van der Waals surface area contributed by atoms with Gasteiger partial charge in [0.25, 0.3) is 0 Å². The lowest BCUT2D eigenvalue weighted by Crippen LogP contribution is -2.36. The Balaban J connectivity index is 1.40. The summed E-state index contributed by atoms with van der Waals surface area (Å²) in [5.41, 5.74) is 2.18. The molecule has 2 aromatic rings. The van der Waals surface area contributed by atoms with Gasteiger partial charge in [-0.15, -0.1) is 0 Å². The summed E-state index contributed by atoms with van der Waals surface area (Å²) >= 11 is 0. The molecule has 0 spiro atoms. The summed E-state index contributed by atoms with van der Waals surface area (Å²) in [5, 5.41) is 5.68. The van der Waals surface area contributed by atoms with Crippen LogP contribution in [0.5, 0.6) is 11.5 Å². The van der Waals surface area contributed by atoms with Crippen molar-refractivity contribution in [1.82, 2.24) is 10.6 Å². The molecule has 0 aliphatic carbocycles. The number of hydrogen-bond donors (Lipinski definition) is 2. The molecule has 0 bridgehead atoms. The number of carbonyl (C=O) groups excluding carboxylic acids is 1. The van der Waals surface area contributed by atoms with Gasteiger partial charge in [0.15, 0.2) is 11.5 Å². The number of carbonyl (C=O) groups is 1. The van der Waals surface area contributed by atoms with Crippen molar-refractivity contribution in [3.8, 4) is 11.5 Å². The monoisotopic (exact) mass is 298 g/mol. The highest BCUT2D eigenvalue weighted by Gasteiger charge is 2.12. The fraction of sp³-hybridized carbons (Fsp3) is 0.235. The fourth-order valence-corrected chi connectivity index (χ4v) is 2.26. The van der Waals surface area contributed by atoms with Gasteiger partial charge in [-0.2, -0.15) is 0 Å². The quantitative estimate of drug-likeness (QED) is 0.891. The number of fused-ring (bicyclic) bond motifs is 1. The van der Waals surface area contributed by atoms with Crippen LogP contribution in [0.4, 0.5) is 4.79 Å². The summed E-state index contributed by atoms with van der Waals surface area (Å²) in [4.78, 5) is 11.7. The van der Waals surface area contributed by atoms with Gasteiger partial charge in [-0.3, -0.25) is 0 Å². The molecule has 1 aliphatic heterocycles. The Hall–Kier alpha value is -2.69. The normalized spacial score (nSPS) is 12.0. The Bertz CT molecular complexity index is 644. The van der Waals surface area contributed by atoms with Crippen molar-refractivity contribution < 1.29 is 14.3 Å². The number of benzene rings is 2. The topological polar surface area (TPSA) is 59.6 Å². The molecule has 0 fully saturated rings. The van der Waals surface area contributed by atoms with Gasteiger partial charge in [-0.1, -0.05) is 36.4 Å². The summed E-state index contributed by atoms with van der Waals surface area (Å²) < 4.78 is 10.6. The average molecular weight is 298 g/mol. The zero-order chi connectivity index (χ0) is 15.2. The van der Waals surface area contributed by atoms with Crippen LogP contribution < -0.4 is 20.1 Å². The molecule has 3 rings (SSSR count). The summed E-state index contributed by atoms with van der Waals surface area (Å²) in [7, 11) is 0. The van der Waals surface area contributed by atoms with E-state index in [1.165, 1.54) is 0 Å². The molecule has 0 aromatic heterocycles. The van der Waals surface area contributed by atoms with E-state index in [4.69, 9.17) is 9.47 Å². The SMILES string of the molecule is O=C(NCCc1ccc2c(c1)OCO2)NCc1ccccc1. The first-order valence-electron chi connectivity index (χ1n) is 7.25. The van der Waals surface area contributed by atoms with Crippen LogP contribution in [0.3, 0.4) is 0 Å². The second-order valence-electron chi connectivity index (χ2n) is 5.03. The van der Waals surface area contributed by atoms with Gasteiger partial charge in [0.1, 0.15) is 0 Å². The van der Waals surface area contributed by atoms with Crippen molar-refractivity contribution in [2.24, 2.45) is 0 Å². The van der Waals surface area contributed by atoms with Crippen LogP contribution in [-0.4, -0.2) is 19.4 Å². The molecule has 0 saturated carbocycles. The molecule has 2 N–H and O–H groups in total. The zero-order valence-corrected chi connectivity index (χ0v) is 12.2. The van der Waals surface area contributed by atoms with Crippen molar-refractivity contribution >= 4 is 6.03 Å². The molecular formula is C17H18N2O3. The Kier molecular flexibility index (Phi) is 4.44. The van der Waals surface area contributed by atoms with Crippen LogP contribution in [0, 0.1) is 0 Å². The zero-order valence-electron chi connectivity index (χ0n) is 12.2. The van der Waals surface area contributed by atoms with Gasteiger partial charge in [-0.25, -0.2) is 4.79 Å². The van der Waals surface area contributed by atoms with E-state index >= 15 is 0 Å². The van der Waals surface area contributed by atoms with Gasteiger partial charge in [0.2, 0.25) is 6.79 Å². The molecule has 0 unspecified atom stereocenters. The van der Waals surface area contributed by atoms with Crippen LogP contribution in [0.2, 0.25) is 0 Å². The highest BCUT2D eigenvalue weighted by molar-refractivity contribution is 5.73. The number of rotatable bonds is 5. The lowest BCUT2D eigenvalue weighted by atomic mass is 10.1. The van der Waals surface area contributed by atoms with E-state index in [0.29, 0.717) is 13.1 Å². The first kappa shape index (κ1) is 14.3. The molecule has 114 valence electrons. The minimum atomic E-state index is -0.162. The summed E-state index contributed by atoms with van der Waals surface area (Å²) in [6.07, 6.45) is 0.745. The second kappa shape index (κ2) is 6.85. The third-order valence-electron chi connectivity index (χ3n) is 3.43. The van der Waals surface area contributed by atoms with Gasteiger partial charge in [0, 0.05) is 13.1 Å². The minimum absolute atomic E-state index is 0.162. The van der Waals surface area contributed by atoms with Gasteiger partial charge < -0.3 is 20.1 Å². The molecule has 2 aromatic carbocycles. The molecule has 5 nitrogen and oxygen atoms in total. The van der Waals surface area contributed by atoms with E-state index in [0.717, 1.165) is 29.0 Å². The van der Waals surface area contributed by atoms with Crippen LogP contribution >= 0.6 is 0 Å². The third kappa shape index (κ3) is 3.69. The molecule has 5 heteroatoms. The second-order valence-corrected chi connectivity index (χ2v) is 5.03. The first-order chi connectivity index (χ1) is 10.8. The molecule has 22 heavy (non-hydrogen) atoms. The van der Waals surface area contributed by atoms with E-state index in [1.807, 2.05) is 48.5 Å². The standard InChI is InChI=1S/C17H18N2O3/c20-17(19-11-14-4-2-1-3-5-14)18-9-8-13-6-7-15-16(10-13)22-12-21-15/h1-7,10H,8-9,11-12H2,(H2,18,19,20). The Labute approximate surface area is 129 Å². The maximum Gasteiger partial charge on any atom is 0.315 e. The van der Waals surface area contributed by atoms with Crippen LogP contribution in [0.25, 0.3) is 0 Å². The number of urea groups is 1. The summed E-state index contributed by atoms with van der Waals surface area (Å²) in [5.74, 6) is 1.54. The van der Waals surface area contributed by atoms with Crippen LogP contribution in [0.1, 0.15) is 11.1 Å². The van der Waals surface area contributed by atoms with Gasteiger partial charge in [-0.05, 0) is 29.7 Å². The fourth-order valence-electron chi connectivity index (χ4n) is 2.26. The van der Waals surface area contributed by atoms with Crippen molar-refractivity contribution in [2.75, 3.05) is 13.3 Å². The van der Waals surface area contributed by atoms with Crippen molar-refractivity contribution in [2.45, 2.75) is 13.0 Å². The predicted molar refractivity (Wildman–Crippen MR) is 82.9 cm³/mol. The first-order valence-corrected chi connectivity index (χ1v) is 7.25. The Morgan fingerprint density at radius 3 is 2.64 bits per heavy atom. The number of ether oxygens (including phenoxy) is 2. The van der Waals surface area contributed by atoms with E-state index in [1.54, 1.807) is 0 Å². The molecule has 1 aliphatic rings. The average Bonchev–Trinajstić information content (AvgIpc) is 3.02.